The van der Waals surface area contributed by atoms with Crippen LogP contribution < -0.4 is 10.1 Å². The molecule has 0 amide bonds. The molecule has 0 aliphatic carbocycles. The topological polar surface area (TPSA) is 21.3 Å². The fourth-order valence-corrected chi connectivity index (χ4v) is 2.83. The summed E-state index contributed by atoms with van der Waals surface area (Å²) in [6, 6.07) is 5.54. The highest BCUT2D eigenvalue weighted by Gasteiger charge is 2.19. The van der Waals surface area contributed by atoms with Crippen LogP contribution in [-0.2, 0) is 0 Å². The molecule has 0 saturated heterocycles. The molecule has 2 rings (SSSR count). The normalized spacial score (nSPS) is 12.4. The molecular formula is C13H13F2NOS. The van der Waals surface area contributed by atoms with Gasteiger partial charge in [0, 0.05) is 0 Å². The number of rotatable bonds is 4. The van der Waals surface area contributed by atoms with Crippen molar-refractivity contribution < 1.29 is 13.5 Å². The van der Waals surface area contributed by atoms with E-state index in [9.17, 15) is 8.78 Å². The SMILES string of the molecule is CNC(c1ccc(F)c(F)c1)c1sccc1OC. The molecule has 0 fully saturated rings. The molecule has 18 heavy (non-hydrogen) atoms. The molecule has 0 aliphatic heterocycles. The van der Waals surface area contributed by atoms with Gasteiger partial charge in [-0.2, -0.15) is 0 Å². The van der Waals surface area contributed by atoms with Crippen LogP contribution in [0.1, 0.15) is 16.5 Å². The van der Waals surface area contributed by atoms with Crippen molar-refractivity contribution in [1.29, 1.82) is 0 Å². The van der Waals surface area contributed by atoms with Gasteiger partial charge in [-0.05, 0) is 36.2 Å². The lowest BCUT2D eigenvalue weighted by Gasteiger charge is -2.17. The summed E-state index contributed by atoms with van der Waals surface area (Å²) in [7, 11) is 3.36. The number of nitrogens with one attached hydrogen (secondary N) is 1. The van der Waals surface area contributed by atoms with Crippen molar-refractivity contribution in [2.24, 2.45) is 0 Å². The first-order valence-corrected chi connectivity index (χ1v) is 6.29. The van der Waals surface area contributed by atoms with E-state index in [1.165, 1.54) is 17.4 Å². The Morgan fingerprint density at radius 3 is 2.61 bits per heavy atom. The highest BCUT2D eigenvalue weighted by molar-refractivity contribution is 7.10. The number of methoxy groups -OCH3 is 1. The minimum absolute atomic E-state index is 0.213. The van der Waals surface area contributed by atoms with Crippen molar-refractivity contribution in [1.82, 2.24) is 5.32 Å². The summed E-state index contributed by atoms with van der Waals surface area (Å²) in [6.07, 6.45) is 0. The fourth-order valence-electron chi connectivity index (χ4n) is 1.83. The van der Waals surface area contributed by atoms with E-state index >= 15 is 0 Å². The minimum atomic E-state index is -0.844. The first kappa shape index (κ1) is 13.0. The number of benzene rings is 1. The number of halogens is 2. The van der Waals surface area contributed by atoms with Gasteiger partial charge in [-0.3, -0.25) is 0 Å². The van der Waals surface area contributed by atoms with Crippen LogP contribution in [0.2, 0.25) is 0 Å². The molecule has 96 valence electrons. The molecule has 1 aromatic carbocycles. The zero-order chi connectivity index (χ0) is 13.1. The van der Waals surface area contributed by atoms with E-state index in [1.807, 2.05) is 11.4 Å². The molecule has 1 heterocycles. The largest absolute Gasteiger partial charge is 0.496 e. The smallest absolute Gasteiger partial charge is 0.159 e. The zero-order valence-electron chi connectivity index (χ0n) is 10.0. The molecule has 0 radical (unpaired) electrons. The zero-order valence-corrected chi connectivity index (χ0v) is 10.9. The summed E-state index contributed by atoms with van der Waals surface area (Å²) in [5, 5.41) is 4.98. The number of hydrogen-bond donors (Lipinski definition) is 1. The van der Waals surface area contributed by atoms with E-state index in [0.29, 0.717) is 5.56 Å². The second-order valence-corrected chi connectivity index (χ2v) is 4.70. The van der Waals surface area contributed by atoms with Gasteiger partial charge in [-0.15, -0.1) is 11.3 Å². The maximum atomic E-state index is 13.3. The minimum Gasteiger partial charge on any atom is -0.496 e. The van der Waals surface area contributed by atoms with Gasteiger partial charge in [0.2, 0.25) is 0 Å². The molecule has 1 atom stereocenters. The standard InChI is InChI=1S/C13H13F2NOS/c1-16-12(13-11(17-2)5-6-18-13)8-3-4-9(14)10(15)7-8/h3-7,12,16H,1-2H3. The molecule has 0 spiro atoms. The molecular weight excluding hydrogens is 256 g/mol. The Kier molecular flexibility index (Phi) is 3.93. The summed E-state index contributed by atoms with van der Waals surface area (Å²) >= 11 is 1.51. The van der Waals surface area contributed by atoms with Gasteiger partial charge in [-0.25, -0.2) is 8.78 Å². The van der Waals surface area contributed by atoms with E-state index in [0.717, 1.165) is 16.7 Å². The van der Waals surface area contributed by atoms with Crippen molar-refractivity contribution in [2.75, 3.05) is 14.2 Å². The van der Waals surface area contributed by atoms with Crippen molar-refractivity contribution in [3.63, 3.8) is 0 Å². The Morgan fingerprint density at radius 1 is 1.22 bits per heavy atom. The van der Waals surface area contributed by atoms with Crippen molar-refractivity contribution in [3.8, 4) is 5.75 Å². The Morgan fingerprint density at radius 2 is 2.00 bits per heavy atom. The van der Waals surface area contributed by atoms with Gasteiger partial charge in [0.05, 0.1) is 18.0 Å². The van der Waals surface area contributed by atoms with Crippen LogP contribution in [0, 0.1) is 11.6 Å². The van der Waals surface area contributed by atoms with Gasteiger partial charge in [0.25, 0.3) is 0 Å². The van der Waals surface area contributed by atoms with Crippen LogP contribution in [0.25, 0.3) is 0 Å². The van der Waals surface area contributed by atoms with E-state index in [1.54, 1.807) is 20.2 Å². The lowest BCUT2D eigenvalue weighted by atomic mass is 10.0. The predicted octanol–water partition coefficient (Wildman–Crippen LogP) is 3.34. The van der Waals surface area contributed by atoms with Gasteiger partial charge in [-0.1, -0.05) is 6.07 Å². The first-order valence-electron chi connectivity index (χ1n) is 5.41. The Hall–Kier alpha value is -1.46. The average molecular weight is 269 g/mol. The number of hydrogen-bond acceptors (Lipinski definition) is 3. The first-order chi connectivity index (χ1) is 8.67. The lowest BCUT2D eigenvalue weighted by molar-refractivity contribution is 0.408. The quantitative estimate of drug-likeness (QED) is 0.919. The molecule has 1 N–H and O–H groups in total. The van der Waals surface area contributed by atoms with E-state index in [-0.39, 0.29) is 6.04 Å². The van der Waals surface area contributed by atoms with E-state index in [2.05, 4.69) is 5.32 Å². The van der Waals surface area contributed by atoms with E-state index < -0.39 is 11.6 Å². The second kappa shape index (κ2) is 5.46. The Bertz CT molecular complexity index is 542. The maximum absolute atomic E-state index is 13.3. The molecule has 0 bridgehead atoms. The average Bonchev–Trinajstić information content (AvgIpc) is 2.83. The summed E-state index contributed by atoms with van der Waals surface area (Å²) in [5.41, 5.74) is 0.664. The van der Waals surface area contributed by atoms with Crippen LogP contribution in [0.4, 0.5) is 8.78 Å². The molecule has 0 saturated carbocycles. The molecule has 0 aliphatic rings. The van der Waals surface area contributed by atoms with E-state index in [4.69, 9.17) is 4.74 Å². The van der Waals surface area contributed by atoms with Gasteiger partial charge < -0.3 is 10.1 Å². The fraction of sp³-hybridized carbons (Fsp3) is 0.231. The van der Waals surface area contributed by atoms with Crippen molar-refractivity contribution >= 4 is 11.3 Å². The molecule has 5 heteroatoms. The highest BCUT2D eigenvalue weighted by Crippen LogP contribution is 2.34. The number of ether oxygens (including phenoxy) is 1. The molecule has 2 aromatic rings. The lowest BCUT2D eigenvalue weighted by Crippen LogP contribution is -2.17. The van der Waals surface area contributed by atoms with Gasteiger partial charge >= 0.3 is 0 Å². The molecule has 2 nitrogen and oxygen atoms in total. The van der Waals surface area contributed by atoms with Crippen LogP contribution in [-0.4, -0.2) is 14.2 Å². The predicted molar refractivity (Wildman–Crippen MR) is 68.1 cm³/mol. The summed E-state index contributed by atoms with van der Waals surface area (Å²) in [6.45, 7) is 0. The van der Waals surface area contributed by atoms with Crippen LogP contribution >= 0.6 is 11.3 Å². The van der Waals surface area contributed by atoms with Crippen LogP contribution in [0.3, 0.4) is 0 Å². The van der Waals surface area contributed by atoms with Crippen molar-refractivity contribution in [2.45, 2.75) is 6.04 Å². The maximum Gasteiger partial charge on any atom is 0.159 e. The molecule has 1 aromatic heterocycles. The Labute approximate surface area is 108 Å². The Balaban J connectivity index is 2.42. The van der Waals surface area contributed by atoms with Crippen LogP contribution in [0.15, 0.2) is 29.6 Å². The van der Waals surface area contributed by atoms with Crippen molar-refractivity contribution in [3.05, 3.63) is 51.7 Å². The van der Waals surface area contributed by atoms with Gasteiger partial charge in [0.1, 0.15) is 5.75 Å². The van der Waals surface area contributed by atoms with Crippen LogP contribution in [0.5, 0.6) is 5.75 Å². The third-order valence-electron chi connectivity index (χ3n) is 2.71. The second-order valence-electron chi connectivity index (χ2n) is 3.75. The third-order valence-corrected chi connectivity index (χ3v) is 3.67. The summed E-state index contributed by atoms with van der Waals surface area (Å²) in [4.78, 5) is 0.936. The monoisotopic (exact) mass is 269 g/mol. The summed E-state index contributed by atoms with van der Waals surface area (Å²) in [5.74, 6) is -0.945. The number of thiophene rings is 1. The summed E-state index contributed by atoms with van der Waals surface area (Å²) < 4.78 is 31.5. The van der Waals surface area contributed by atoms with Gasteiger partial charge in [0.15, 0.2) is 11.6 Å². The molecule has 1 unspecified atom stereocenters. The highest BCUT2D eigenvalue weighted by atomic mass is 32.1. The third kappa shape index (κ3) is 2.37.